The van der Waals surface area contributed by atoms with Crippen molar-refractivity contribution in [1.82, 2.24) is 5.32 Å². The van der Waals surface area contributed by atoms with E-state index in [-0.39, 0.29) is 0 Å². The van der Waals surface area contributed by atoms with Gasteiger partial charge in [-0.2, -0.15) is 0 Å². The zero-order valence-corrected chi connectivity index (χ0v) is 11.3. The van der Waals surface area contributed by atoms with Gasteiger partial charge in [0.15, 0.2) is 0 Å². The van der Waals surface area contributed by atoms with Crippen molar-refractivity contribution in [3.05, 3.63) is 0 Å². The Kier molecular flexibility index (Phi) is 10.8. The predicted molar refractivity (Wildman–Crippen MR) is 67.6 cm³/mol. The molecule has 0 aromatic heterocycles. The van der Waals surface area contributed by atoms with Crippen LogP contribution in [0, 0.1) is 5.92 Å². The lowest BCUT2D eigenvalue weighted by Crippen LogP contribution is -2.37. The molecule has 0 saturated carbocycles. The molecular formula is C13H27F2NO. The zero-order chi connectivity index (χ0) is 13.1. The van der Waals surface area contributed by atoms with Gasteiger partial charge < -0.3 is 10.1 Å². The monoisotopic (exact) mass is 251 g/mol. The van der Waals surface area contributed by atoms with E-state index in [1.165, 1.54) is 0 Å². The van der Waals surface area contributed by atoms with E-state index in [0.717, 1.165) is 32.2 Å². The number of rotatable bonds is 11. The van der Waals surface area contributed by atoms with Gasteiger partial charge in [-0.05, 0) is 25.3 Å². The molecule has 0 rings (SSSR count). The van der Waals surface area contributed by atoms with Crippen LogP contribution in [0.5, 0.6) is 0 Å². The molecular weight excluding hydrogens is 224 g/mol. The molecule has 0 saturated heterocycles. The van der Waals surface area contributed by atoms with Crippen molar-refractivity contribution in [2.45, 2.75) is 58.9 Å². The summed E-state index contributed by atoms with van der Waals surface area (Å²) in [7, 11) is 0. The largest absolute Gasteiger partial charge is 0.375 e. The van der Waals surface area contributed by atoms with Crippen molar-refractivity contribution < 1.29 is 13.5 Å². The molecule has 0 amide bonds. The van der Waals surface area contributed by atoms with Crippen LogP contribution in [0.4, 0.5) is 8.78 Å². The fourth-order valence-corrected chi connectivity index (χ4v) is 2.07. The molecule has 0 aromatic rings. The third-order valence-electron chi connectivity index (χ3n) is 3.09. The smallest absolute Gasteiger partial charge is 0.261 e. The minimum Gasteiger partial charge on any atom is -0.375 e. The Labute approximate surface area is 104 Å². The van der Waals surface area contributed by atoms with Gasteiger partial charge in [0.1, 0.15) is 6.61 Å². The van der Waals surface area contributed by atoms with Crippen molar-refractivity contribution >= 4 is 0 Å². The Morgan fingerprint density at radius 2 is 1.76 bits per heavy atom. The highest BCUT2D eigenvalue weighted by atomic mass is 19.3. The van der Waals surface area contributed by atoms with Crippen LogP contribution in [0.25, 0.3) is 0 Å². The third kappa shape index (κ3) is 8.50. The summed E-state index contributed by atoms with van der Waals surface area (Å²) in [5.74, 6) is 0.608. The number of nitrogens with one attached hydrogen (secondary N) is 1. The Bertz CT molecular complexity index is 163. The first-order chi connectivity index (χ1) is 8.15. The normalized spacial score (nSPS) is 13.6. The topological polar surface area (TPSA) is 21.3 Å². The molecule has 17 heavy (non-hydrogen) atoms. The van der Waals surface area contributed by atoms with Gasteiger partial charge in [-0.15, -0.1) is 0 Å². The fourth-order valence-electron chi connectivity index (χ4n) is 2.07. The molecule has 0 aromatic carbocycles. The molecule has 0 aliphatic heterocycles. The summed E-state index contributed by atoms with van der Waals surface area (Å²) in [6.07, 6.45) is 1.79. The number of halogens is 2. The molecule has 104 valence electrons. The highest BCUT2D eigenvalue weighted by Crippen LogP contribution is 2.16. The third-order valence-corrected chi connectivity index (χ3v) is 3.09. The Balaban J connectivity index is 3.91. The van der Waals surface area contributed by atoms with E-state index in [4.69, 9.17) is 4.74 Å². The van der Waals surface area contributed by atoms with Crippen molar-refractivity contribution in [3.8, 4) is 0 Å². The highest BCUT2D eigenvalue weighted by molar-refractivity contribution is 4.74. The molecule has 1 unspecified atom stereocenters. The van der Waals surface area contributed by atoms with E-state index in [2.05, 4.69) is 26.1 Å². The molecule has 2 nitrogen and oxygen atoms in total. The second kappa shape index (κ2) is 10.9. The SMILES string of the molecule is CCCNC(CCOCC(F)F)C(CC)CC. The maximum Gasteiger partial charge on any atom is 0.261 e. The van der Waals surface area contributed by atoms with E-state index in [1.54, 1.807) is 0 Å². The first-order valence-corrected chi connectivity index (χ1v) is 6.74. The lowest BCUT2D eigenvalue weighted by Gasteiger charge is -2.26. The zero-order valence-electron chi connectivity index (χ0n) is 11.3. The number of alkyl halides is 2. The molecule has 0 spiro atoms. The van der Waals surface area contributed by atoms with Gasteiger partial charge in [-0.3, -0.25) is 0 Å². The van der Waals surface area contributed by atoms with Crippen LogP contribution in [0.1, 0.15) is 46.5 Å². The maximum absolute atomic E-state index is 11.9. The highest BCUT2D eigenvalue weighted by Gasteiger charge is 2.17. The summed E-state index contributed by atoms with van der Waals surface area (Å²) in [5.41, 5.74) is 0. The first-order valence-electron chi connectivity index (χ1n) is 6.74. The van der Waals surface area contributed by atoms with E-state index in [9.17, 15) is 8.78 Å². The van der Waals surface area contributed by atoms with Crippen molar-refractivity contribution in [1.29, 1.82) is 0 Å². The average molecular weight is 251 g/mol. The van der Waals surface area contributed by atoms with Crippen molar-refractivity contribution in [3.63, 3.8) is 0 Å². The first kappa shape index (κ1) is 16.8. The van der Waals surface area contributed by atoms with Gasteiger partial charge in [-0.25, -0.2) is 8.78 Å². The Morgan fingerprint density at radius 3 is 2.24 bits per heavy atom. The lowest BCUT2D eigenvalue weighted by atomic mass is 9.92. The van der Waals surface area contributed by atoms with E-state index >= 15 is 0 Å². The predicted octanol–water partition coefficient (Wildman–Crippen LogP) is 3.46. The summed E-state index contributed by atoms with van der Waals surface area (Å²) < 4.78 is 28.8. The summed E-state index contributed by atoms with van der Waals surface area (Å²) in [6, 6.07) is 0.391. The molecule has 0 aliphatic rings. The molecule has 1 N–H and O–H groups in total. The molecule has 0 aliphatic carbocycles. The fraction of sp³-hybridized carbons (Fsp3) is 1.00. The molecule has 0 bridgehead atoms. The van der Waals surface area contributed by atoms with Gasteiger partial charge in [0.25, 0.3) is 6.43 Å². The minimum absolute atomic E-state index is 0.391. The van der Waals surface area contributed by atoms with Gasteiger partial charge in [0.05, 0.1) is 0 Å². The van der Waals surface area contributed by atoms with Gasteiger partial charge in [0.2, 0.25) is 0 Å². The number of ether oxygens (including phenoxy) is 1. The van der Waals surface area contributed by atoms with Crippen LogP contribution in [-0.2, 0) is 4.74 Å². The van der Waals surface area contributed by atoms with Gasteiger partial charge in [-0.1, -0.05) is 33.6 Å². The maximum atomic E-state index is 11.9. The van der Waals surface area contributed by atoms with Crippen LogP contribution in [0.15, 0.2) is 0 Å². The van der Waals surface area contributed by atoms with Crippen molar-refractivity contribution in [2.24, 2.45) is 5.92 Å². The van der Waals surface area contributed by atoms with E-state index in [0.29, 0.717) is 18.6 Å². The second-order valence-corrected chi connectivity index (χ2v) is 4.39. The minimum atomic E-state index is -2.36. The van der Waals surface area contributed by atoms with Crippen molar-refractivity contribution in [2.75, 3.05) is 19.8 Å². The summed E-state index contributed by atoms with van der Waals surface area (Å²) in [4.78, 5) is 0. The average Bonchev–Trinajstić information content (AvgIpc) is 2.31. The molecule has 0 fully saturated rings. The van der Waals surface area contributed by atoms with Crippen LogP contribution in [-0.4, -0.2) is 32.2 Å². The molecule has 4 heteroatoms. The van der Waals surface area contributed by atoms with Crippen LogP contribution in [0.3, 0.4) is 0 Å². The standard InChI is InChI=1S/C13H27F2NO/c1-4-8-16-12(11(5-2)6-3)7-9-17-10-13(14)15/h11-13,16H,4-10H2,1-3H3. The second-order valence-electron chi connectivity index (χ2n) is 4.39. The quantitative estimate of drug-likeness (QED) is 0.568. The van der Waals surface area contributed by atoms with Gasteiger partial charge in [0, 0.05) is 12.6 Å². The van der Waals surface area contributed by atoms with Crippen LogP contribution < -0.4 is 5.32 Å². The summed E-state index contributed by atoms with van der Waals surface area (Å²) >= 11 is 0. The van der Waals surface area contributed by atoms with E-state index in [1.807, 2.05) is 0 Å². The molecule has 1 atom stereocenters. The summed E-state index contributed by atoms with van der Waals surface area (Å²) in [6.45, 7) is 7.44. The number of hydrogen-bond acceptors (Lipinski definition) is 2. The Hall–Kier alpha value is -0.220. The van der Waals surface area contributed by atoms with E-state index < -0.39 is 13.0 Å². The molecule has 0 heterocycles. The Morgan fingerprint density at radius 1 is 1.12 bits per heavy atom. The van der Waals surface area contributed by atoms with Crippen LogP contribution in [0.2, 0.25) is 0 Å². The number of hydrogen-bond donors (Lipinski definition) is 1. The lowest BCUT2D eigenvalue weighted by molar-refractivity contribution is 0.0126. The summed E-state index contributed by atoms with van der Waals surface area (Å²) in [5, 5.41) is 3.49. The van der Waals surface area contributed by atoms with Gasteiger partial charge >= 0.3 is 0 Å². The molecule has 0 radical (unpaired) electrons. The van der Waals surface area contributed by atoms with Crippen LogP contribution >= 0.6 is 0 Å².